The highest BCUT2D eigenvalue weighted by molar-refractivity contribution is 7.22. The van der Waals surface area contributed by atoms with E-state index in [-0.39, 0.29) is 18.3 Å². The van der Waals surface area contributed by atoms with E-state index in [0.29, 0.717) is 22.2 Å². The summed E-state index contributed by atoms with van der Waals surface area (Å²) >= 11 is 2.62. The average Bonchev–Trinajstić information content (AvgIpc) is 3.30. The quantitative estimate of drug-likeness (QED) is 0.528. The molecule has 0 bridgehead atoms. The lowest BCUT2D eigenvalue weighted by molar-refractivity contribution is 0.0987. The molecule has 0 spiro atoms. The fourth-order valence-corrected chi connectivity index (χ4v) is 4.38. The van der Waals surface area contributed by atoms with E-state index >= 15 is 0 Å². The van der Waals surface area contributed by atoms with Gasteiger partial charge in [-0.2, -0.15) is 0 Å². The summed E-state index contributed by atoms with van der Waals surface area (Å²) < 4.78 is 10.2. The minimum atomic E-state index is -0.0966. The number of nitrogens with zero attached hydrogens (tertiary/aromatic N) is 5. The van der Waals surface area contributed by atoms with Gasteiger partial charge >= 0.3 is 0 Å². The fraction of sp³-hybridized carbons (Fsp3) is 0.444. The average molecular weight is 442 g/mol. The molecule has 2 heterocycles. The van der Waals surface area contributed by atoms with E-state index < -0.39 is 0 Å². The van der Waals surface area contributed by atoms with E-state index in [1.54, 1.807) is 12.0 Å². The summed E-state index contributed by atoms with van der Waals surface area (Å²) in [5.74, 6) is 0.682. The summed E-state index contributed by atoms with van der Waals surface area (Å²) in [4.78, 5) is 22.5. The molecule has 0 radical (unpaired) electrons. The second-order valence-electron chi connectivity index (χ2n) is 6.00. The van der Waals surface area contributed by atoms with Gasteiger partial charge in [0.2, 0.25) is 0 Å². The number of hydrogen-bond acceptors (Lipinski definition) is 8. The van der Waals surface area contributed by atoms with Crippen LogP contribution in [0.5, 0.6) is 5.75 Å². The predicted molar refractivity (Wildman–Crippen MR) is 118 cm³/mol. The maximum absolute atomic E-state index is 13.2. The van der Waals surface area contributed by atoms with Crippen molar-refractivity contribution < 1.29 is 9.53 Å². The van der Waals surface area contributed by atoms with E-state index in [4.69, 9.17) is 9.72 Å². The third-order valence-corrected chi connectivity index (χ3v) is 6.30. The smallest absolute Gasteiger partial charge is 0.273 e. The van der Waals surface area contributed by atoms with E-state index in [1.807, 2.05) is 25.1 Å². The highest BCUT2D eigenvalue weighted by Gasteiger charge is 2.25. The zero-order valence-corrected chi connectivity index (χ0v) is 18.8. The highest BCUT2D eigenvalue weighted by Crippen LogP contribution is 2.32. The van der Waals surface area contributed by atoms with Crippen molar-refractivity contribution in [2.24, 2.45) is 0 Å². The monoisotopic (exact) mass is 441 g/mol. The van der Waals surface area contributed by atoms with Crippen molar-refractivity contribution >= 4 is 56.5 Å². The number of hydrogen-bond donors (Lipinski definition) is 0. The number of amides is 1. The Kier molecular flexibility index (Phi) is 8.11. The van der Waals surface area contributed by atoms with Crippen LogP contribution in [0.25, 0.3) is 10.2 Å². The van der Waals surface area contributed by atoms with Crippen molar-refractivity contribution in [1.82, 2.24) is 19.5 Å². The third-order valence-electron chi connectivity index (χ3n) is 4.44. The number of carbonyl (C=O) groups is 1. The number of carbonyl (C=O) groups excluding carboxylic acids is 1. The zero-order valence-electron chi connectivity index (χ0n) is 16.3. The van der Waals surface area contributed by atoms with Gasteiger partial charge in [-0.25, -0.2) is 4.98 Å². The molecule has 0 aliphatic heterocycles. The molecule has 10 heteroatoms. The lowest BCUT2D eigenvalue weighted by atomic mass is 10.3. The molecule has 2 aromatic heterocycles. The van der Waals surface area contributed by atoms with Gasteiger partial charge in [-0.1, -0.05) is 29.7 Å². The topological polar surface area (TPSA) is 71.5 Å². The Labute approximate surface area is 178 Å². The van der Waals surface area contributed by atoms with E-state index in [1.165, 1.54) is 11.3 Å². The maximum Gasteiger partial charge on any atom is 0.273 e. The molecule has 0 aliphatic carbocycles. The van der Waals surface area contributed by atoms with Gasteiger partial charge in [0.15, 0.2) is 5.13 Å². The van der Waals surface area contributed by atoms with Crippen molar-refractivity contribution in [2.75, 3.05) is 38.2 Å². The van der Waals surface area contributed by atoms with E-state index in [2.05, 4.69) is 28.3 Å². The molecule has 0 saturated heterocycles. The molecule has 0 atom stereocenters. The van der Waals surface area contributed by atoms with Gasteiger partial charge in [-0.05, 0) is 49.7 Å². The minimum absolute atomic E-state index is 0. The first-order chi connectivity index (χ1) is 13.1. The zero-order chi connectivity index (χ0) is 19.4. The second-order valence-corrected chi connectivity index (χ2v) is 7.76. The summed E-state index contributed by atoms with van der Waals surface area (Å²) in [6.45, 7) is 9.28. The molecular weight excluding hydrogens is 418 g/mol. The van der Waals surface area contributed by atoms with Crippen LogP contribution in [0.15, 0.2) is 18.2 Å². The van der Waals surface area contributed by atoms with Gasteiger partial charge < -0.3 is 9.64 Å². The normalized spacial score (nSPS) is 10.9. The molecule has 1 amide bonds. The second kappa shape index (κ2) is 10.1. The van der Waals surface area contributed by atoms with Gasteiger partial charge in [-0.3, -0.25) is 9.69 Å². The molecular formula is C18H24ClN5O2S2. The van der Waals surface area contributed by atoms with E-state index in [9.17, 15) is 4.79 Å². The Balaban J connectivity index is 0.00000280. The summed E-state index contributed by atoms with van der Waals surface area (Å²) in [6.07, 6.45) is 0. The highest BCUT2D eigenvalue weighted by atomic mass is 35.5. The van der Waals surface area contributed by atoms with Crippen molar-refractivity contribution in [3.8, 4) is 5.75 Å². The molecule has 7 nitrogen and oxygen atoms in total. The lowest BCUT2D eigenvalue weighted by Gasteiger charge is -2.24. The molecule has 0 aliphatic rings. The van der Waals surface area contributed by atoms with Crippen molar-refractivity contribution in [1.29, 1.82) is 0 Å². The number of ether oxygens (including phenoxy) is 1. The molecule has 3 rings (SSSR count). The van der Waals surface area contributed by atoms with Crippen LogP contribution in [0, 0.1) is 6.92 Å². The number of thiazole rings is 1. The predicted octanol–water partition coefficient (Wildman–Crippen LogP) is 3.88. The molecule has 152 valence electrons. The summed E-state index contributed by atoms with van der Waals surface area (Å²) in [7, 11) is 1.64. The summed E-state index contributed by atoms with van der Waals surface area (Å²) in [5, 5.41) is 4.67. The number of anilines is 1. The van der Waals surface area contributed by atoms with Gasteiger partial charge in [-0.15, -0.1) is 17.5 Å². The Bertz CT molecular complexity index is 926. The number of aromatic nitrogens is 3. The van der Waals surface area contributed by atoms with Crippen LogP contribution in [0.1, 0.15) is 29.2 Å². The van der Waals surface area contributed by atoms with Gasteiger partial charge in [0.1, 0.15) is 10.6 Å². The molecule has 0 fully saturated rings. The first-order valence-corrected chi connectivity index (χ1v) is 10.4. The number of benzene rings is 1. The molecule has 28 heavy (non-hydrogen) atoms. The van der Waals surface area contributed by atoms with Crippen LogP contribution in [0.3, 0.4) is 0 Å². The van der Waals surface area contributed by atoms with Crippen molar-refractivity contribution in [2.45, 2.75) is 20.8 Å². The van der Waals surface area contributed by atoms with Crippen molar-refractivity contribution in [3.63, 3.8) is 0 Å². The summed E-state index contributed by atoms with van der Waals surface area (Å²) in [6, 6.07) is 5.74. The van der Waals surface area contributed by atoms with Gasteiger partial charge in [0.25, 0.3) is 5.91 Å². The molecule has 0 saturated carbocycles. The number of fused-ring (bicyclic) bond motifs is 1. The van der Waals surface area contributed by atoms with Crippen LogP contribution in [0.4, 0.5) is 5.13 Å². The number of aryl methyl sites for hydroxylation is 1. The number of rotatable bonds is 8. The van der Waals surface area contributed by atoms with Gasteiger partial charge in [0, 0.05) is 13.1 Å². The minimum Gasteiger partial charge on any atom is -0.497 e. The first kappa shape index (κ1) is 22.5. The first-order valence-electron chi connectivity index (χ1n) is 8.85. The standard InChI is InChI=1S/C18H23N5O2S2.ClH/c1-5-22(6-2)9-10-23(17(24)16-12(3)20-21-27-16)18-19-14-8-7-13(25-4)11-15(14)26-18;/h7-8,11H,5-6,9-10H2,1-4H3;1H. The summed E-state index contributed by atoms with van der Waals surface area (Å²) in [5.41, 5.74) is 1.51. The number of halogens is 1. The number of likely N-dealkylation sites (N-methyl/N-ethyl adjacent to an activating group) is 1. The molecule has 1 aromatic carbocycles. The fourth-order valence-electron chi connectivity index (χ4n) is 2.75. The number of methoxy groups -OCH3 is 1. The van der Waals surface area contributed by atoms with Crippen LogP contribution in [-0.2, 0) is 0 Å². The lowest BCUT2D eigenvalue weighted by Crippen LogP contribution is -2.38. The molecule has 3 aromatic rings. The molecule has 0 N–H and O–H groups in total. The van der Waals surface area contributed by atoms with Crippen LogP contribution in [-0.4, -0.2) is 58.7 Å². The Morgan fingerprint density at radius 3 is 2.57 bits per heavy atom. The molecule has 0 unspecified atom stereocenters. The Morgan fingerprint density at radius 2 is 1.96 bits per heavy atom. The SMILES string of the molecule is CCN(CC)CCN(C(=O)c1snnc1C)c1nc2ccc(OC)cc2s1.Cl. The Hall–Kier alpha value is -1.81. The van der Waals surface area contributed by atoms with Gasteiger partial charge in [0.05, 0.1) is 23.0 Å². The Morgan fingerprint density at radius 1 is 1.21 bits per heavy atom. The maximum atomic E-state index is 13.2. The van der Waals surface area contributed by atoms with Crippen molar-refractivity contribution in [3.05, 3.63) is 28.8 Å². The van der Waals surface area contributed by atoms with Crippen LogP contribution < -0.4 is 9.64 Å². The van der Waals surface area contributed by atoms with Crippen LogP contribution in [0.2, 0.25) is 0 Å². The third kappa shape index (κ3) is 4.78. The largest absolute Gasteiger partial charge is 0.497 e. The van der Waals surface area contributed by atoms with E-state index in [0.717, 1.165) is 47.1 Å². The van der Waals surface area contributed by atoms with Crippen LogP contribution >= 0.6 is 35.3 Å².